The summed E-state index contributed by atoms with van der Waals surface area (Å²) >= 11 is 0. The molecular formula is C29H40Cl2N2O5. The molecule has 0 amide bonds. The summed E-state index contributed by atoms with van der Waals surface area (Å²) in [7, 11) is 1.56. The second-order valence-electron chi connectivity index (χ2n) is 8.99. The Hall–Kier alpha value is -2.58. The number of carboxylic acid groups (broad SMARTS) is 2. The molecule has 0 saturated carbocycles. The van der Waals surface area contributed by atoms with E-state index in [-0.39, 0.29) is 30.4 Å². The number of ether oxygens (including phenoxy) is 1. The van der Waals surface area contributed by atoms with Gasteiger partial charge in [-0.3, -0.25) is 0 Å². The predicted molar refractivity (Wildman–Crippen MR) is 159 cm³/mol. The number of hydrogen-bond donors (Lipinski definition) is 2. The predicted octanol–water partition coefficient (Wildman–Crippen LogP) is 6.01. The van der Waals surface area contributed by atoms with Crippen LogP contribution in [0.3, 0.4) is 0 Å². The Morgan fingerprint density at radius 1 is 0.737 bits per heavy atom. The summed E-state index contributed by atoms with van der Waals surface area (Å²) in [6, 6.07) is 8.91. The maximum atomic E-state index is 12.7. The van der Waals surface area contributed by atoms with Crippen LogP contribution >= 0.6 is 24.8 Å². The fourth-order valence-electron chi connectivity index (χ4n) is 5.05. The molecule has 0 saturated heterocycles. The highest BCUT2D eigenvalue weighted by molar-refractivity contribution is 6.14. The fourth-order valence-corrected chi connectivity index (χ4v) is 5.05. The molecule has 0 aliphatic rings. The lowest BCUT2D eigenvalue weighted by molar-refractivity contribution is 0.0684. The van der Waals surface area contributed by atoms with E-state index >= 15 is 0 Å². The molecule has 38 heavy (non-hydrogen) atoms. The van der Waals surface area contributed by atoms with Crippen LogP contribution in [0.4, 0.5) is 0 Å². The minimum Gasteiger partial charge on any atom is -0.496 e. The van der Waals surface area contributed by atoms with Crippen molar-refractivity contribution < 1.29 is 24.5 Å². The molecule has 0 heterocycles. The van der Waals surface area contributed by atoms with Crippen LogP contribution in [-0.2, 0) is 12.8 Å². The van der Waals surface area contributed by atoms with Crippen LogP contribution in [0.15, 0.2) is 30.3 Å². The van der Waals surface area contributed by atoms with E-state index in [1.807, 2.05) is 18.2 Å². The summed E-state index contributed by atoms with van der Waals surface area (Å²) in [6.45, 7) is 13.5. The number of carboxylic acids is 2. The second-order valence-corrected chi connectivity index (χ2v) is 8.99. The van der Waals surface area contributed by atoms with E-state index in [1.165, 1.54) is 0 Å². The largest absolute Gasteiger partial charge is 0.496 e. The van der Waals surface area contributed by atoms with Crippen LogP contribution in [0.5, 0.6) is 5.75 Å². The average molecular weight is 568 g/mol. The molecule has 0 unspecified atom stereocenters. The van der Waals surface area contributed by atoms with Crippen LogP contribution in [-0.4, -0.2) is 78.3 Å². The lowest BCUT2D eigenvalue weighted by atomic mass is 9.87. The van der Waals surface area contributed by atoms with E-state index in [4.69, 9.17) is 4.74 Å². The zero-order chi connectivity index (χ0) is 26.4. The molecule has 0 aromatic heterocycles. The number of halogens is 2. The van der Waals surface area contributed by atoms with Gasteiger partial charge in [0, 0.05) is 18.5 Å². The SMILES string of the molecule is CCN(CC)CCc1cc2c(cc(OC)c3cc(C(=O)O)ccc32)c(CCN(CC)CC)c1C(=O)O.Cl.Cl. The van der Waals surface area contributed by atoms with Crippen molar-refractivity contribution in [2.75, 3.05) is 46.4 Å². The smallest absolute Gasteiger partial charge is 0.336 e. The van der Waals surface area contributed by atoms with Gasteiger partial charge < -0.3 is 24.7 Å². The molecule has 3 aromatic rings. The first-order valence-corrected chi connectivity index (χ1v) is 12.8. The van der Waals surface area contributed by atoms with Crippen molar-refractivity contribution in [3.8, 4) is 5.75 Å². The van der Waals surface area contributed by atoms with Gasteiger partial charge in [0.2, 0.25) is 0 Å². The number of methoxy groups -OCH3 is 1. The summed E-state index contributed by atoms with van der Waals surface area (Å²) in [5.74, 6) is -1.38. The summed E-state index contributed by atoms with van der Waals surface area (Å²) in [5, 5.41) is 23.2. The molecule has 7 nitrogen and oxygen atoms in total. The van der Waals surface area contributed by atoms with Gasteiger partial charge in [0.05, 0.1) is 18.2 Å². The molecule has 210 valence electrons. The van der Waals surface area contributed by atoms with Gasteiger partial charge in [0.15, 0.2) is 0 Å². The van der Waals surface area contributed by atoms with E-state index in [9.17, 15) is 19.8 Å². The van der Waals surface area contributed by atoms with Gasteiger partial charge in [-0.25, -0.2) is 9.59 Å². The minimum absolute atomic E-state index is 0. The number of rotatable bonds is 13. The monoisotopic (exact) mass is 566 g/mol. The van der Waals surface area contributed by atoms with Gasteiger partial charge >= 0.3 is 11.9 Å². The van der Waals surface area contributed by atoms with Crippen molar-refractivity contribution in [3.05, 3.63) is 52.6 Å². The van der Waals surface area contributed by atoms with Crippen molar-refractivity contribution in [2.24, 2.45) is 0 Å². The van der Waals surface area contributed by atoms with Crippen molar-refractivity contribution in [3.63, 3.8) is 0 Å². The molecule has 0 aliphatic carbocycles. The minimum atomic E-state index is -1.000. The number of fused-ring (bicyclic) bond motifs is 3. The van der Waals surface area contributed by atoms with Crippen LogP contribution in [0.25, 0.3) is 21.5 Å². The van der Waals surface area contributed by atoms with Gasteiger partial charge in [-0.15, -0.1) is 24.8 Å². The summed E-state index contributed by atoms with van der Waals surface area (Å²) < 4.78 is 5.67. The fraction of sp³-hybridized carbons (Fsp3) is 0.448. The molecule has 0 bridgehead atoms. The molecule has 0 radical (unpaired) electrons. The first kappa shape index (κ1) is 33.4. The third-order valence-electron chi connectivity index (χ3n) is 7.25. The second kappa shape index (κ2) is 15.1. The Kier molecular flexibility index (Phi) is 13.3. The third-order valence-corrected chi connectivity index (χ3v) is 7.25. The van der Waals surface area contributed by atoms with Crippen LogP contribution in [0.2, 0.25) is 0 Å². The Morgan fingerprint density at radius 2 is 1.32 bits per heavy atom. The maximum Gasteiger partial charge on any atom is 0.336 e. The highest BCUT2D eigenvalue weighted by Crippen LogP contribution is 2.38. The first-order valence-electron chi connectivity index (χ1n) is 12.8. The van der Waals surface area contributed by atoms with Crippen molar-refractivity contribution in [1.82, 2.24) is 9.80 Å². The van der Waals surface area contributed by atoms with E-state index in [0.717, 1.165) is 66.6 Å². The lowest BCUT2D eigenvalue weighted by Gasteiger charge is -2.23. The van der Waals surface area contributed by atoms with Gasteiger partial charge in [-0.2, -0.15) is 0 Å². The zero-order valence-corrected chi connectivity index (χ0v) is 24.5. The lowest BCUT2D eigenvalue weighted by Crippen LogP contribution is -2.27. The highest BCUT2D eigenvalue weighted by Gasteiger charge is 2.22. The third kappa shape index (κ3) is 7.08. The molecule has 0 aliphatic heterocycles. The van der Waals surface area contributed by atoms with Gasteiger partial charge in [0.1, 0.15) is 5.75 Å². The van der Waals surface area contributed by atoms with E-state index in [2.05, 4.69) is 37.5 Å². The van der Waals surface area contributed by atoms with E-state index < -0.39 is 11.9 Å². The average Bonchev–Trinajstić information content (AvgIpc) is 2.88. The van der Waals surface area contributed by atoms with Crippen LogP contribution < -0.4 is 4.74 Å². The molecule has 2 N–H and O–H groups in total. The molecule has 9 heteroatoms. The first-order chi connectivity index (χ1) is 17.3. The number of benzene rings is 3. The number of likely N-dealkylation sites (N-methyl/N-ethyl adjacent to an activating group) is 2. The van der Waals surface area contributed by atoms with Gasteiger partial charge in [-0.05, 0) is 90.6 Å². The summed E-state index contributed by atoms with van der Waals surface area (Å²) in [5.41, 5.74) is 2.19. The molecule has 3 aromatic carbocycles. The molecule has 0 atom stereocenters. The van der Waals surface area contributed by atoms with E-state index in [0.29, 0.717) is 29.5 Å². The topological polar surface area (TPSA) is 90.3 Å². The van der Waals surface area contributed by atoms with Crippen molar-refractivity contribution in [1.29, 1.82) is 0 Å². The Morgan fingerprint density at radius 3 is 1.82 bits per heavy atom. The highest BCUT2D eigenvalue weighted by atomic mass is 35.5. The van der Waals surface area contributed by atoms with Gasteiger partial charge in [-0.1, -0.05) is 33.8 Å². The number of aromatic carboxylic acids is 2. The molecule has 0 fully saturated rings. The van der Waals surface area contributed by atoms with Crippen molar-refractivity contribution in [2.45, 2.75) is 40.5 Å². The summed E-state index contributed by atoms with van der Waals surface area (Å²) in [6.07, 6.45) is 1.22. The number of nitrogens with zero attached hydrogens (tertiary/aromatic N) is 2. The number of hydrogen-bond acceptors (Lipinski definition) is 5. The Balaban J connectivity index is 0.00000361. The number of carbonyl (C=O) groups is 2. The normalized spacial score (nSPS) is 11.0. The van der Waals surface area contributed by atoms with E-state index in [1.54, 1.807) is 19.2 Å². The molecule has 3 rings (SSSR count). The maximum absolute atomic E-state index is 12.7. The quantitative estimate of drug-likeness (QED) is 0.245. The zero-order valence-electron chi connectivity index (χ0n) is 22.9. The molecule has 0 spiro atoms. The standard InChI is InChI=1S/C29H38N2O5.2ClH/c1-6-30(7-2)14-12-19-16-23-21-11-10-20(28(32)33)17-25(21)26(36-5)18-24(23)22(27(19)29(34)35)13-15-31(8-3)9-4;;/h10-11,16-18H,6-9,12-15H2,1-5H3,(H,32,33)(H,34,35);2*1H. The Bertz CT molecular complexity index is 1260. The summed E-state index contributed by atoms with van der Waals surface area (Å²) in [4.78, 5) is 28.9. The van der Waals surface area contributed by atoms with Crippen LogP contribution in [0, 0.1) is 0 Å². The van der Waals surface area contributed by atoms with Crippen molar-refractivity contribution >= 4 is 58.3 Å². The Labute approximate surface area is 237 Å². The van der Waals surface area contributed by atoms with Gasteiger partial charge in [0.25, 0.3) is 0 Å². The molecular weight excluding hydrogens is 527 g/mol. The van der Waals surface area contributed by atoms with Crippen LogP contribution in [0.1, 0.15) is 59.5 Å².